The fourth-order valence-electron chi connectivity index (χ4n) is 1.41. The molecule has 1 amide bonds. The van der Waals surface area contributed by atoms with E-state index in [-0.39, 0.29) is 5.91 Å². The zero-order valence-electron chi connectivity index (χ0n) is 10.4. The predicted octanol–water partition coefficient (Wildman–Crippen LogP) is 1.53. The number of benzene rings is 1. The van der Waals surface area contributed by atoms with Gasteiger partial charge in [0.2, 0.25) is 5.91 Å². The van der Waals surface area contributed by atoms with Gasteiger partial charge in [0.1, 0.15) is 5.75 Å². The minimum atomic E-state index is -0.124. The largest absolute Gasteiger partial charge is 0.497 e. The number of amides is 1. The number of carbonyl (C=O) groups excluding carboxylic acids is 1. The van der Waals surface area contributed by atoms with Crippen LogP contribution in [0.5, 0.6) is 5.75 Å². The first-order valence-electron chi connectivity index (χ1n) is 5.73. The molecule has 1 aromatic carbocycles. The van der Waals surface area contributed by atoms with Crippen molar-refractivity contribution in [3.8, 4) is 5.75 Å². The summed E-state index contributed by atoms with van der Waals surface area (Å²) in [5, 5.41) is 0. The SMILES string of the molecule is COc1ccc(N)c(SCCCCC(=O)NN)c1. The maximum absolute atomic E-state index is 10.9. The van der Waals surface area contributed by atoms with Gasteiger partial charge >= 0.3 is 0 Å². The number of rotatable bonds is 7. The zero-order chi connectivity index (χ0) is 13.4. The number of methoxy groups -OCH3 is 1. The maximum atomic E-state index is 10.9. The van der Waals surface area contributed by atoms with E-state index in [9.17, 15) is 4.79 Å². The lowest BCUT2D eigenvalue weighted by Gasteiger charge is -2.07. The van der Waals surface area contributed by atoms with Crippen LogP contribution in [0.15, 0.2) is 23.1 Å². The Morgan fingerprint density at radius 3 is 2.89 bits per heavy atom. The molecule has 0 heterocycles. The number of thioether (sulfide) groups is 1. The Morgan fingerprint density at radius 1 is 1.44 bits per heavy atom. The molecule has 1 rings (SSSR count). The molecule has 0 unspecified atom stereocenters. The Bertz CT molecular complexity index is 399. The van der Waals surface area contributed by atoms with Crippen molar-refractivity contribution in [1.82, 2.24) is 5.43 Å². The Morgan fingerprint density at radius 2 is 2.22 bits per heavy atom. The van der Waals surface area contributed by atoms with Gasteiger partial charge in [-0.1, -0.05) is 0 Å². The summed E-state index contributed by atoms with van der Waals surface area (Å²) in [6, 6.07) is 5.60. The summed E-state index contributed by atoms with van der Waals surface area (Å²) in [4.78, 5) is 11.9. The highest BCUT2D eigenvalue weighted by Crippen LogP contribution is 2.29. The van der Waals surface area contributed by atoms with Gasteiger partial charge in [0.05, 0.1) is 7.11 Å². The van der Waals surface area contributed by atoms with E-state index >= 15 is 0 Å². The number of unbranched alkanes of at least 4 members (excludes halogenated alkanes) is 1. The second-order valence-corrected chi connectivity index (χ2v) is 4.91. The number of anilines is 1. The molecule has 0 saturated heterocycles. The molecule has 6 heteroatoms. The standard InChI is InChI=1S/C12H19N3O2S/c1-17-9-5-6-10(13)11(8-9)18-7-3-2-4-12(16)15-14/h5-6,8H,2-4,7,13-14H2,1H3,(H,15,16). The second kappa shape index (κ2) is 7.84. The molecule has 0 atom stereocenters. The molecule has 1 aromatic rings. The molecule has 5 N–H and O–H groups in total. The molecule has 0 aliphatic carbocycles. The molecule has 0 fully saturated rings. The van der Waals surface area contributed by atoms with Crippen LogP contribution in [0.2, 0.25) is 0 Å². The number of nitrogens with two attached hydrogens (primary N) is 2. The minimum absolute atomic E-state index is 0.124. The number of nitrogens with one attached hydrogen (secondary N) is 1. The molecule has 0 aromatic heterocycles. The van der Waals surface area contributed by atoms with Gasteiger partial charge in [-0.15, -0.1) is 11.8 Å². The van der Waals surface area contributed by atoms with Crippen LogP contribution in [0, 0.1) is 0 Å². The quantitative estimate of drug-likeness (QED) is 0.174. The lowest BCUT2D eigenvalue weighted by molar-refractivity contribution is -0.121. The van der Waals surface area contributed by atoms with E-state index in [4.69, 9.17) is 16.3 Å². The number of ether oxygens (including phenoxy) is 1. The highest BCUT2D eigenvalue weighted by Gasteiger charge is 2.03. The van der Waals surface area contributed by atoms with Crippen molar-refractivity contribution in [3.63, 3.8) is 0 Å². The molecule has 5 nitrogen and oxygen atoms in total. The third-order valence-electron chi connectivity index (χ3n) is 2.44. The number of hydrazine groups is 1. The van der Waals surface area contributed by atoms with Crippen molar-refractivity contribution in [2.75, 3.05) is 18.6 Å². The molecule has 0 aliphatic heterocycles. The van der Waals surface area contributed by atoms with E-state index in [0.29, 0.717) is 6.42 Å². The monoisotopic (exact) mass is 269 g/mol. The molecule has 0 bridgehead atoms. The minimum Gasteiger partial charge on any atom is -0.497 e. The first-order chi connectivity index (χ1) is 8.67. The van der Waals surface area contributed by atoms with Crippen LogP contribution in [0.3, 0.4) is 0 Å². The number of carbonyl (C=O) groups is 1. The highest BCUT2D eigenvalue weighted by atomic mass is 32.2. The first kappa shape index (κ1) is 14.7. The summed E-state index contributed by atoms with van der Waals surface area (Å²) in [6.07, 6.45) is 2.22. The number of nitrogen functional groups attached to an aromatic ring is 1. The summed E-state index contributed by atoms with van der Waals surface area (Å²) in [6.45, 7) is 0. The van der Waals surface area contributed by atoms with Gasteiger partial charge in [0, 0.05) is 17.0 Å². The fraction of sp³-hybridized carbons (Fsp3) is 0.417. The van der Waals surface area contributed by atoms with Crippen LogP contribution < -0.4 is 21.7 Å². The Labute approximate surface area is 111 Å². The second-order valence-electron chi connectivity index (χ2n) is 3.78. The fourth-order valence-corrected chi connectivity index (χ4v) is 2.41. The van der Waals surface area contributed by atoms with Crippen LogP contribution >= 0.6 is 11.8 Å². The zero-order valence-corrected chi connectivity index (χ0v) is 11.3. The van der Waals surface area contributed by atoms with Gasteiger partial charge in [-0.05, 0) is 36.8 Å². The van der Waals surface area contributed by atoms with E-state index in [2.05, 4.69) is 5.43 Å². The van der Waals surface area contributed by atoms with Crippen LogP contribution in [0.25, 0.3) is 0 Å². The van der Waals surface area contributed by atoms with E-state index in [1.807, 2.05) is 18.2 Å². The molecular formula is C12H19N3O2S. The third kappa shape index (κ3) is 4.85. The van der Waals surface area contributed by atoms with Gasteiger partial charge in [-0.2, -0.15) is 0 Å². The van der Waals surface area contributed by atoms with Gasteiger partial charge in [-0.3, -0.25) is 10.2 Å². The summed E-state index contributed by atoms with van der Waals surface area (Å²) in [7, 11) is 1.63. The van der Waals surface area contributed by atoms with Crippen LogP contribution in [-0.2, 0) is 4.79 Å². The smallest absolute Gasteiger partial charge is 0.233 e. The van der Waals surface area contributed by atoms with Crippen molar-refractivity contribution >= 4 is 23.4 Å². The average Bonchev–Trinajstić information content (AvgIpc) is 2.40. The van der Waals surface area contributed by atoms with Crippen molar-refractivity contribution in [2.45, 2.75) is 24.2 Å². The van der Waals surface area contributed by atoms with Crippen molar-refractivity contribution in [2.24, 2.45) is 5.84 Å². The van der Waals surface area contributed by atoms with Gasteiger partial charge in [0.25, 0.3) is 0 Å². The predicted molar refractivity (Wildman–Crippen MR) is 74.3 cm³/mol. The van der Waals surface area contributed by atoms with E-state index in [1.165, 1.54) is 0 Å². The topological polar surface area (TPSA) is 90.4 Å². The molecule has 0 saturated carbocycles. The molecule has 18 heavy (non-hydrogen) atoms. The van der Waals surface area contributed by atoms with Gasteiger partial charge < -0.3 is 10.5 Å². The van der Waals surface area contributed by atoms with E-state index < -0.39 is 0 Å². The van der Waals surface area contributed by atoms with Gasteiger partial charge in [0.15, 0.2) is 0 Å². The molecule has 0 spiro atoms. The van der Waals surface area contributed by atoms with Crippen LogP contribution in [0.4, 0.5) is 5.69 Å². The lowest BCUT2D eigenvalue weighted by Crippen LogP contribution is -2.29. The molecule has 0 radical (unpaired) electrons. The van der Waals surface area contributed by atoms with Gasteiger partial charge in [-0.25, -0.2) is 5.84 Å². The molecular weight excluding hydrogens is 250 g/mol. The maximum Gasteiger partial charge on any atom is 0.233 e. The summed E-state index contributed by atoms with van der Waals surface area (Å²) < 4.78 is 5.15. The normalized spacial score (nSPS) is 10.1. The average molecular weight is 269 g/mol. The summed E-state index contributed by atoms with van der Waals surface area (Å²) in [5.74, 6) is 6.58. The first-order valence-corrected chi connectivity index (χ1v) is 6.71. The number of hydrogen-bond acceptors (Lipinski definition) is 5. The summed E-state index contributed by atoms with van der Waals surface area (Å²) in [5.41, 5.74) is 8.74. The van der Waals surface area contributed by atoms with E-state index in [1.54, 1.807) is 18.9 Å². The molecule has 0 aliphatic rings. The Kier molecular flexibility index (Phi) is 6.38. The Hall–Kier alpha value is -1.40. The van der Waals surface area contributed by atoms with Crippen LogP contribution in [-0.4, -0.2) is 18.8 Å². The van der Waals surface area contributed by atoms with Crippen LogP contribution in [0.1, 0.15) is 19.3 Å². The van der Waals surface area contributed by atoms with E-state index in [0.717, 1.165) is 34.9 Å². The van der Waals surface area contributed by atoms with Crippen molar-refractivity contribution < 1.29 is 9.53 Å². The van der Waals surface area contributed by atoms with Crippen molar-refractivity contribution in [1.29, 1.82) is 0 Å². The Balaban J connectivity index is 2.32. The third-order valence-corrected chi connectivity index (χ3v) is 3.59. The lowest BCUT2D eigenvalue weighted by atomic mass is 10.2. The van der Waals surface area contributed by atoms with Crippen molar-refractivity contribution in [3.05, 3.63) is 18.2 Å². The molecule has 100 valence electrons. The summed E-state index contributed by atoms with van der Waals surface area (Å²) >= 11 is 1.67. The number of hydrogen-bond donors (Lipinski definition) is 3. The highest BCUT2D eigenvalue weighted by molar-refractivity contribution is 7.99.